The molecule has 4 nitrogen and oxygen atoms in total. The fraction of sp³-hybridized carbons (Fsp3) is 0.941. The van der Waals surface area contributed by atoms with E-state index in [1.54, 1.807) is 0 Å². The van der Waals surface area contributed by atoms with Gasteiger partial charge in [-0.15, -0.1) is 0 Å². The number of hydrogen-bond acceptors (Lipinski definition) is 3. The first-order chi connectivity index (χ1) is 9.97. The first-order valence-electron chi connectivity index (χ1n) is 8.67. The molecule has 0 amide bonds. The SMILES string of the molecule is CCC(C(=O)O)N1CCC(CCN(CC)CC(C)C)CC1. The van der Waals surface area contributed by atoms with Crippen molar-refractivity contribution in [1.82, 2.24) is 9.80 Å². The Kier molecular flexibility index (Phi) is 8.27. The zero-order valence-corrected chi connectivity index (χ0v) is 14.3. The van der Waals surface area contributed by atoms with Gasteiger partial charge < -0.3 is 10.0 Å². The average Bonchev–Trinajstić information content (AvgIpc) is 2.44. The van der Waals surface area contributed by atoms with Crippen LogP contribution in [0, 0.1) is 11.8 Å². The third kappa shape index (κ3) is 6.35. The Morgan fingerprint density at radius 2 is 1.90 bits per heavy atom. The van der Waals surface area contributed by atoms with Gasteiger partial charge in [0.1, 0.15) is 6.04 Å². The Morgan fingerprint density at radius 3 is 2.33 bits per heavy atom. The first-order valence-corrected chi connectivity index (χ1v) is 8.67. The Hall–Kier alpha value is -0.610. The average molecular weight is 298 g/mol. The van der Waals surface area contributed by atoms with Crippen molar-refractivity contribution in [3.05, 3.63) is 0 Å². The summed E-state index contributed by atoms with van der Waals surface area (Å²) in [7, 11) is 0. The van der Waals surface area contributed by atoms with E-state index in [0.29, 0.717) is 6.42 Å². The maximum absolute atomic E-state index is 11.2. The van der Waals surface area contributed by atoms with Gasteiger partial charge >= 0.3 is 5.97 Å². The number of carbonyl (C=O) groups is 1. The molecule has 1 N–H and O–H groups in total. The van der Waals surface area contributed by atoms with Gasteiger partial charge in [-0.05, 0) is 63.7 Å². The summed E-state index contributed by atoms with van der Waals surface area (Å²) in [6.07, 6.45) is 4.28. The highest BCUT2D eigenvalue weighted by Gasteiger charge is 2.28. The van der Waals surface area contributed by atoms with Crippen LogP contribution in [0.3, 0.4) is 0 Å². The molecular weight excluding hydrogens is 264 g/mol. The Bertz CT molecular complexity index is 299. The van der Waals surface area contributed by atoms with Crippen LogP contribution in [0.25, 0.3) is 0 Å². The monoisotopic (exact) mass is 298 g/mol. The second-order valence-corrected chi connectivity index (χ2v) is 6.82. The van der Waals surface area contributed by atoms with Crippen LogP contribution in [0.15, 0.2) is 0 Å². The molecule has 124 valence electrons. The standard InChI is InChI=1S/C17H34N2O2/c1-5-16(17(20)21)19-11-8-15(9-12-19)7-10-18(6-2)13-14(3)4/h14-16H,5-13H2,1-4H3,(H,20,21). The van der Waals surface area contributed by atoms with E-state index >= 15 is 0 Å². The summed E-state index contributed by atoms with van der Waals surface area (Å²) < 4.78 is 0. The zero-order valence-electron chi connectivity index (χ0n) is 14.3. The van der Waals surface area contributed by atoms with Gasteiger partial charge in [0.2, 0.25) is 0 Å². The third-order valence-corrected chi connectivity index (χ3v) is 4.69. The van der Waals surface area contributed by atoms with Gasteiger partial charge in [-0.1, -0.05) is 27.7 Å². The van der Waals surface area contributed by atoms with Crippen LogP contribution >= 0.6 is 0 Å². The second-order valence-electron chi connectivity index (χ2n) is 6.82. The van der Waals surface area contributed by atoms with E-state index in [4.69, 9.17) is 0 Å². The molecule has 0 spiro atoms. The molecule has 0 radical (unpaired) electrons. The first kappa shape index (κ1) is 18.4. The lowest BCUT2D eigenvalue weighted by atomic mass is 9.92. The molecule has 1 aliphatic rings. The molecule has 1 unspecified atom stereocenters. The van der Waals surface area contributed by atoms with Gasteiger partial charge in [-0.2, -0.15) is 0 Å². The molecule has 0 aromatic rings. The Balaban J connectivity index is 2.31. The van der Waals surface area contributed by atoms with Gasteiger partial charge in [0.15, 0.2) is 0 Å². The second kappa shape index (κ2) is 9.42. The topological polar surface area (TPSA) is 43.8 Å². The molecule has 0 bridgehead atoms. The molecule has 0 aliphatic carbocycles. The minimum atomic E-state index is -0.662. The van der Waals surface area contributed by atoms with Crippen LogP contribution in [0.1, 0.15) is 53.4 Å². The predicted octanol–water partition coefficient (Wildman–Crippen LogP) is 2.93. The maximum Gasteiger partial charge on any atom is 0.320 e. The number of carboxylic acids is 1. The van der Waals surface area contributed by atoms with Crippen LogP contribution in [0.5, 0.6) is 0 Å². The summed E-state index contributed by atoms with van der Waals surface area (Å²) in [6.45, 7) is 14.2. The lowest BCUT2D eigenvalue weighted by Crippen LogP contribution is -2.45. The zero-order chi connectivity index (χ0) is 15.8. The number of nitrogens with zero attached hydrogens (tertiary/aromatic N) is 2. The van der Waals surface area contributed by atoms with Gasteiger partial charge in [0, 0.05) is 6.54 Å². The number of rotatable bonds is 9. The molecule has 1 aliphatic heterocycles. The quantitative estimate of drug-likeness (QED) is 0.711. The predicted molar refractivity (Wildman–Crippen MR) is 87.6 cm³/mol. The van der Waals surface area contributed by atoms with Crippen molar-refractivity contribution >= 4 is 5.97 Å². The van der Waals surface area contributed by atoms with Crippen molar-refractivity contribution in [2.24, 2.45) is 11.8 Å². The lowest BCUT2D eigenvalue weighted by Gasteiger charge is -2.36. The van der Waals surface area contributed by atoms with Crippen LogP contribution < -0.4 is 0 Å². The van der Waals surface area contributed by atoms with Gasteiger partial charge in [-0.3, -0.25) is 9.69 Å². The van der Waals surface area contributed by atoms with Crippen molar-refractivity contribution in [1.29, 1.82) is 0 Å². The van der Waals surface area contributed by atoms with Crippen LogP contribution in [0.2, 0.25) is 0 Å². The molecule has 1 atom stereocenters. The van der Waals surface area contributed by atoms with Crippen LogP contribution in [-0.4, -0.2) is 59.6 Å². The van der Waals surface area contributed by atoms with E-state index in [2.05, 4.69) is 30.6 Å². The summed E-state index contributed by atoms with van der Waals surface area (Å²) in [5, 5.41) is 9.23. The number of hydrogen-bond donors (Lipinski definition) is 1. The van der Waals surface area contributed by atoms with Crippen molar-refractivity contribution < 1.29 is 9.90 Å². The van der Waals surface area contributed by atoms with E-state index in [9.17, 15) is 9.90 Å². The van der Waals surface area contributed by atoms with E-state index in [1.807, 2.05) is 6.92 Å². The smallest absolute Gasteiger partial charge is 0.320 e. The highest BCUT2D eigenvalue weighted by Crippen LogP contribution is 2.23. The Labute approximate surface area is 130 Å². The molecule has 4 heteroatoms. The van der Waals surface area contributed by atoms with E-state index in [-0.39, 0.29) is 6.04 Å². The summed E-state index contributed by atoms with van der Waals surface area (Å²) in [5.74, 6) is 0.839. The van der Waals surface area contributed by atoms with Crippen molar-refractivity contribution in [3.8, 4) is 0 Å². The molecule has 1 rings (SSSR count). The van der Waals surface area contributed by atoms with Crippen LogP contribution in [0.4, 0.5) is 0 Å². The summed E-state index contributed by atoms with van der Waals surface area (Å²) >= 11 is 0. The van der Waals surface area contributed by atoms with Gasteiger partial charge in [0.25, 0.3) is 0 Å². The molecule has 0 aromatic carbocycles. The van der Waals surface area contributed by atoms with Gasteiger partial charge in [0.05, 0.1) is 0 Å². The van der Waals surface area contributed by atoms with Crippen molar-refractivity contribution in [2.45, 2.75) is 59.4 Å². The molecule has 1 saturated heterocycles. The van der Waals surface area contributed by atoms with E-state index in [1.165, 1.54) is 19.5 Å². The number of likely N-dealkylation sites (tertiary alicyclic amines) is 1. The highest BCUT2D eigenvalue weighted by molar-refractivity contribution is 5.73. The highest BCUT2D eigenvalue weighted by atomic mass is 16.4. The Morgan fingerprint density at radius 1 is 1.29 bits per heavy atom. The van der Waals surface area contributed by atoms with Crippen molar-refractivity contribution in [3.63, 3.8) is 0 Å². The minimum Gasteiger partial charge on any atom is -0.480 e. The normalized spacial score (nSPS) is 19.3. The lowest BCUT2D eigenvalue weighted by molar-refractivity contribution is -0.144. The number of carboxylic acid groups (broad SMARTS) is 1. The fourth-order valence-electron chi connectivity index (χ4n) is 3.40. The van der Waals surface area contributed by atoms with Crippen LogP contribution in [-0.2, 0) is 4.79 Å². The fourth-order valence-corrected chi connectivity index (χ4v) is 3.40. The maximum atomic E-state index is 11.2. The molecule has 0 aromatic heterocycles. The number of aliphatic carboxylic acids is 1. The van der Waals surface area contributed by atoms with Gasteiger partial charge in [-0.25, -0.2) is 0 Å². The summed E-state index contributed by atoms with van der Waals surface area (Å²) in [6, 6.07) is -0.279. The van der Waals surface area contributed by atoms with E-state index in [0.717, 1.165) is 44.3 Å². The summed E-state index contributed by atoms with van der Waals surface area (Å²) in [5.41, 5.74) is 0. The largest absolute Gasteiger partial charge is 0.480 e. The molecule has 1 heterocycles. The summed E-state index contributed by atoms with van der Waals surface area (Å²) in [4.78, 5) is 15.9. The van der Waals surface area contributed by atoms with Crippen molar-refractivity contribution in [2.75, 3.05) is 32.7 Å². The van der Waals surface area contributed by atoms with E-state index < -0.39 is 5.97 Å². The minimum absolute atomic E-state index is 0.279. The molecular formula is C17H34N2O2. The third-order valence-electron chi connectivity index (χ3n) is 4.69. The number of piperidine rings is 1. The molecule has 21 heavy (non-hydrogen) atoms. The molecule has 1 fully saturated rings. The molecule has 0 saturated carbocycles.